The number of rotatable bonds is 8. The number of anilines is 3. The highest BCUT2D eigenvalue weighted by atomic mass is 15.1. The number of fused-ring (bicyclic) bond motifs is 7. The van der Waals surface area contributed by atoms with Gasteiger partial charge in [0.25, 0.3) is 0 Å². The quantitative estimate of drug-likeness (QED) is 0.151. The number of nitrogens with zero attached hydrogens (tertiary/aromatic N) is 2. The summed E-state index contributed by atoms with van der Waals surface area (Å²) in [5.41, 5.74) is 20.6. The average Bonchev–Trinajstić information content (AvgIpc) is 3.78. The van der Waals surface area contributed by atoms with Crippen LogP contribution in [-0.4, -0.2) is 4.57 Å². The maximum absolute atomic E-state index is 2.46. The standard InChI is InChI=1S/C55H48N2/c1-6-42-47-22-12-15-25-53(47)57(38-18-8-7-9-19-38)52(42)26-16-17-37-27-29-39(30-28-37)56(40-31-33-45-43-20-10-13-23-48(43)54(2,3)50(45)35-40)41-32-34-46-44-21-11-14-24-49(44)55(4,5)51(46)36-41/h7-16,18-36H,6,17H2,1-5H3/b26-16-. The van der Waals surface area contributed by atoms with Gasteiger partial charge in [-0.2, -0.15) is 0 Å². The van der Waals surface area contributed by atoms with Crippen molar-refractivity contribution in [1.29, 1.82) is 0 Å². The zero-order chi connectivity index (χ0) is 38.9. The van der Waals surface area contributed by atoms with Crippen LogP contribution in [0.15, 0.2) is 170 Å². The molecular formula is C55H48N2. The highest BCUT2D eigenvalue weighted by molar-refractivity contribution is 5.91. The van der Waals surface area contributed by atoms with Crippen molar-refractivity contribution in [1.82, 2.24) is 4.57 Å². The molecule has 10 rings (SSSR count). The molecule has 8 aromatic rings. The van der Waals surface area contributed by atoms with E-state index >= 15 is 0 Å². The van der Waals surface area contributed by atoms with Crippen molar-refractivity contribution in [2.24, 2.45) is 0 Å². The predicted octanol–water partition coefficient (Wildman–Crippen LogP) is 14.5. The Kier molecular flexibility index (Phi) is 8.23. The molecule has 2 heteroatoms. The fourth-order valence-electron chi connectivity index (χ4n) is 9.93. The Hall–Kier alpha value is -6.38. The molecule has 1 heterocycles. The normalized spacial score (nSPS) is 14.4. The monoisotopic (exact) mass is 736 g/mol. The molecule has 0 atom stereocenters. The summed E-state index contributed by atoms with van der Waals surface area (Å²) in [6, 6.07) is 60.8. The average molecular weight is 737 g/mol. The van der Waals surface area contributed by atoms with Crippen LogP contribution in [0.4, 0.5) is 17.1 Å². The summed E-state index contributed by atoms with van der Waals surface area (Å²) in [6.07, 6.45) is 6.49. The van der Waals surface area contributed by atoms with E-state index in [2.05, 4.69) is 220 Å². The maximum Gasteiger partial charge on any atom is 0.0537 e. The van der Waals surface area contributed by atoms with Crippen LogP contribution in [-0.2, 0) is 23.7 Å². The highest BCUT2D eigenvalue weighted by Gasteiger charge is 2.37. The van der Waals surface area contributed by atoms with Crippen LogP contribution in [0.3, 0.4) is 0 Å². The molecule has 0 aliphatic heterocycles. The van der Waals surface area contributed by atoms with Crippen LogP contribution in [0, 0.1) is 0 Å². The van der Waals surface area contributed by atoms with E-state index < -0.39 is 0 Å². The summed E-state index contributed by atoms with van der Waals surface area (Å²) in [6.45, 7) is 11.7. The molecule has 1 aromatic heterocycles. The van der Waals surface area contributed by atoms with E-state index in [9.17, 15) is 0 Å². The van der Waals surface area contributed by atoms with Crippen molar-refractivity contribution in [2.45, 2.75) is 58.3 Å². The molecule has 2 aliphatic rings. The number of hydrogen-bond acceptors (Lipinski definition) is 1. The fourth-order valence-corrected chi connectivity index (χ4v) is 9.93. The first kappa shape index (κ1) is 35.1. The number of aryl methyl sites for hydroxylation is 1. The van der Waals surface area contributed by atoms with Gasteiger partial charge >= 0.3 is 0 Å². The van der Waals surface area contributed by atoms with E-state index in [1.807, 2.05) is 0 Å². The van der Waals surface area contributed by atoms with Crippen molar-refractivity contribution in [3.63, 3.8) is 0 Å². The topological polar surface area (TPSA) is 8.17 Å². The molecule has 0 bridgehead atoms. The highest BCUT2D eigenvalue weighted by Crippen LogP contribution is 2.53. The van der Waals surface area contributed by atoms with Crippen LogP contribution in [0.5, 0.6) is 0 Å². The number of aromatic nitrogens is 1. The fraction of sp³-hybridized carbons (Fsp3) is 0.164. The summed E-state index contributed by atoms with van der Waals surface area (Å²) in [4.78, 5) is 2.46. The summed E-state index contributed by atoms with van der Waals surface area (Å²) >= 11 is 0. The zero-order valence-corrected chi connectivity index (χ0v) is 33.6. The molecule has 2 aliphatic carbocycles. The summed E-state index contributed by atoms with van der Waals surface area (Å²) in [5, 5.41) is 1.32. The van der Waals surface area contributed by atoms with Crippen LogP contribution >= 0.6 is 0 Å². The lowest BCUT2D eigenvalue weighted by molar-refractivity contribution is 0.660. The lowest BCUT2D eigenvalue weighted by Gasteiger charge is -2.30. The lowest BCUT2D eigenvalue weighted by Crippen LogP contribution is -2.18. The van der Waals surface area contributed by atoms with Gasteiger partial charge < -0.3 is 9.47 Å². The molecule has 0 spiro atoms. The minimum Gasteiger partial charge on any atom is -0.310 e. The van der Waals surface area contributed by atoms with E-state index in [-0.39, 0.29) is 10.8 Å². The minimum atomic E-state index is -0.0881. The van der Waals surface area contributed by atoms with Gasteiger partial charge in [-0.25, -0.2) is 0 Å². The van der Waals surface area contributed by atoms with Crippen molar-refractivity contribution >= 4 is 34.0 Å². The van der Waals surface area contributed by atoms with E-state index in [0.29, 0.717) is 0 Å². The maximum atomic E-state index is 2.46. The summed E-state index contributed by atoms with van der Waals surface area (Å²) in [5.74, 6) is 0. The van der Waals surface area contributed by atoms with Crippen molar-refractivity contribution in [2.75, 3.05) is 4.90 Å². The Morgan fingerprint density at radius 2 is 1.02 bits per heavy atom. The molecular weight excluding hydrogens is 689 g/mol. The molecule has 0 saturated heterocycles. The first-order chi connectivity index (χ1) is 27.8. The van der Waals surface area contributed by atoms with E-state index in [4.69, 9.17) is 0 Å². The van der Waals surface area contributed by atoms with Gasteiger partial charge in [-0.3, -0.25) is 0 Å². The first-order valence-electron chi connectivity index (χ1n) is 20.5. The largest absolute Gasteiger partial charge is 0.310 e. The van der Waals surface area contributed by atoms with E-state index in [1.54, 1.807) is 0 Å². The van der Waals surface area contributed by atoms with Gasteiger partial charge in [0.05, 0.1) is 5.52 Å². The van der Waals surface area contributed by atoms with Gasteiger partial charge in [-0.05, 0) is 129 Å². The Morgan fingerprint density at radius 3 is 1.61 bits per heavy atom. The molecule has 278 valence electrons. The van der Waals surface area contributed by atoms with E-state index in [0.717, 1.165) is 18.5 Å². The minimum absolute atomic E-state index is 0.0881. The molecule has 2 nitrogen and oxygen atoms in total. The molecule has 57 heavy (non-hydrogen) atoms. The zero-order valence-electron chi connectivity index (χ0n) is 33.6. The summed E-state index contributed by atoms with van der Waals surface area (Å²) in [7, 11) is 0. The third-order valence-electron chi connectivity index (χ3n) is 12.9. The van der Waals surface area contributed by atoms with Gasteiger partial charge in [-0.15, -0.1) is 0 Å². The Balaban J connectivity index is 1.03. The smallest absolute Gasteiger partial charge is 0.0537 e. The second-order valence-corrected chi connectivity index (χ2v) is 16.8. The van der Waals surface area contributed by atoms with Crippen molar-refractivity contribution in [3.8, 4) is 27.9 Å². The third-order valence-corrected chi connectivity index (χ3v) is 12.9. The first-order valence-corrected chi connectivity index (χ1v) is 20.5. The van der Waals surface area contributed by atoms with Gasteiger partial charge in [0, 0.05) is 44.7 Å². The van der Waals surface area contributed by atoms with Crippen LogP contribution in [0.25, 0.3) is 44.9 Å². The van der Waals surface area contributed by atoms with Gasteiger partial charge in [0.1, 0.15) is 0 Å². The molecule has 0 unspecified atom stereocenters. The molecule has 0 N–H and O–H groups in total. The van der Waals surface area contributed by atoms with Crippen LogP contribution in [0.1, 0.15) is 73.7 Å². The van der Waals surface area contributed by atoms with Gasteiger partial charge in [0.15, 0.2) is 0 Å². The van der Waals surface area contributed by atoms with Crippen LogP contribution < -0.4 is 4.90 Å². The predicted molar refractivity (Wildman–Crippen MR) is 242 cm³/mol. The molecule has 0 fully saturated rings. The number of para-hydroxylation sites is 2. The molecule has 0 saturated carbocycles. The summed E-state index contributed by atoms with van der Waals surface area (Å²) < 4.78 is 2.42. The lowest BCUT2D eigenvalue weighted by atomic mass is 9.82. The number of benzene rings is 7. The Bertz CT molecular complexity index is 2740. The van der Waals surface area contributed by atoms with E-state index in [1.165, 1.54) is 89.3 Å². The van der Waals surface area contributed by atoms with Crippen molar-refractivity contribution in [3.05, 3.63) is 209 Å². The number of hydrogen-bond donors (Lipinski definition) is 0. The van der Waals surface area contributed by atoms with Crippen LogP contribution in [0.2, 0.25) is 0 Å². The molecule has 7 aromatic carbocycles. The second-order valence-electron chi connectivity index (χ2n) is 16.8. The molecule has 0 radical (unpaired) electrons. The Morgan fingerprint density at radius 1 is 0.509 bits per heavy atom. The SMILES string of the molecule is CCc1c(/C=C\Cc2ccc(N(c3ccc4c(c3)C(C)(C)c3ccccc3-4)c3ccc4c(c3)C(C)(C)c3ccccc3-4)cc2)n(-c2ccccc2)c2ccccc12. The number of allylic oxidation sites excluding steroid dienone is 1. The van der Waals surface area contributed by atoms with Gasteiger partial charge in [-0.1, -0.05) is 150 Å². The third kappa shape index (κ3) is 5.53. The Labute approximate surface area is 337 Å². The van der Waals surface area contributed by atoms with Gasteiger partial charge in [0.2, 0.25) is 0 Å². The second kappa shape index (κ2) is 13.4. The molecule has 0 amide bonds. The van der Waals surface area contributed by atoms with Crippen molar-refractivity contribution < 1.29 is 0 Å².